The van der Waals surface area contributed by atoms with E-state index in [9.17, 15) is 4.79 Å². The topological polar surface area (TPSA) is 77.2 Å². The van der Waals surface area contributed by atoms with E-state index in [4.69, 9.17) is 22.1 Å². The molecule has 0 bridgehead atoms. The molecule has 0 unspecified atom stereocenters. The van der Waals surface area contributed by atoms with Crippen molar-refractivity contribution in [3.8, 4) is 5.75 Å². The standard InChI is InChI=1S/C24H20ClN3O2.ClH/c1-15-11-22(26)21-13-18(9-10-23(21)27-15)28-24(29)20-8-3-2-5-16(20)14-30-19-7-4-6-17(25)12-19;/h2-13H,14H2,1H3,(H2,26,27)(H,28,29);1H. The number of benzene rings is 3. The monoisotopic (exact) mass is 453 g/mol. The Balaban J connectivity index is 0.00000272. The predicted molar refractivity (Wildman–Crippen MR) is 128 cm³/mol. The lowest BCUT2D eigenvalue weighted by molar-refractivity contribution is 0.102. The second-order valence-electron chi connectivity index (χ2n) is 6.94. The first-order chi connectivity index (χ1) is 14.5. The van der Waals surface area contributed by atoms with Gasteiger partial charge in [0.1, 0.15) is 12.4 Å². The molecule has 0 radical (unpaired) electrons. The Hall–Kier alpha value is -3.28. The Bertz CT molecular complexity index is 1240. The highest BCUT2D eigenvalue weighted by Gasteiger charge is 2.13. The average molecular weight is 454 g/mol. The molecule has 158 valence electrons. The number of pyridine rings is 1. The summed E-state index contributed by atoms with van der Waals surface area (Å²) in [4.78, 5) is 17.4. The highest BCUT2D eigenvalue weighted by molar-refractivity contribution is 6.30. The molecule has 1 amide bonds. The van der Waals surface area contributed by atoms with Crippen molar-refractivity contribution in [1.29, 1.82) is 0 Å². The summed E-state index contributed by atoms with van der Waals surface area (Å²) < 4.78 is 5.81. The van der Waals surface area contributed by atoms with Gasteiger partial charge in [0, 0.05) is 38.6 Å². The molecule has 1 heterocycles. The minimum Gasteiger partial charge on any atom is -0.489 e. The van der Waals surface area contributed by atoms with Crippen LogP contribution in [0, 0.1) is 6.92 Å². The molecular formula is C24H21Cl2N3O2. The number of nitrogen functional groups attached to an aromatic ring is 1. The Morgan fingerprint density at radius 3 is 2.68 bits per heavy atom. The molecule has 3 aromatic carbocycles. The van der Waals surface area contributed by atoms with Crippen molar-refractivity contribution in [2.75, 3.05) is 11.1 Å². The van der Waals surface area contributed by atoms with Crippen molar-refractivity contribution >= 4 is 52.2 Å². The maximum atomic E-state index is 12.9. The zero-order chi connectivity index (χ0) is 21.1. The number of carbonyl (C=O) groups excluding carboxylic acids is 1. The van der Waals surface area contributed by atoms with Crippen LogP contribution in [0.15, 0.2) is 72.8 Å². The molecule has 0 atom stereocenters. The number of aromatic nitrogens is 1. The fraction of sp³-hybridized carbons (Fsp3) is 0.0833. The van der Waals surface area contributed by atoms with Crippen molar-refractivity contribution in [3.63, 3.8) is 0 Å². The summed E-state index contributed by atoms with van der Waals surface area (Å²) in [6, 6.07) is 21.8. The second-order valence-corrected chi connectivity index (χ2v) is 7.38. The maximum absolute atomic E-state index is 12.9. The highest BCUT2D eigenvalue weighted by Crippen LogP contribution is 2.25. The molecule has 31 heavy (non-hydrogen) atoms. The zero-order valence-electron chi connectivity index (χ0n) is 16.8. The fourth-order valence-electron chi connectivity index (χ4n) is 3.25. The molecule has 7 heteroatoms. The number of carbonyl (C=O) groups is 1. The molecule has 0 aliphatic rings. The minimum atomic E-state index is -0.224. The smallest absolute Gasteiger partial charge is 0.256 e. The number of nitrogens with zero attached hydrogens (tertiary/aromatic N) is 1. The van der Waals surface area contributed by atoms with E-state index in [1.54, 1.807) is 18.2 Å². The van der Waals surface area contributed by atoms with Crippen LogP contribution in [0.25, 0.3) is 10.9 Å². The van der Waals surface area contributed by atoms with Gasteiger partial charge in [-0.1, -0.05) is 35.9 Å². The molecule has 0 fully saturated rings. The molecule has 0 aliphatic heterocycles. The van der Waals surface area contributed by atoms with Crippen molar-refractivity contribution < 1.29 is 9.53 Å². The van der Waals surface area contributed by atoms with Crippen LogP contribution < -0.4 is 15.8 Å². The van der Waals surface area contributed by atoms with E-state index in [2.05, 4.69) is 10.3 Å². The summed E-state index contributed by atoms with van der Waals surface area (Å²) in [7, 11) is 0. The minimum absolute atomic E-state index is 0. The second kappa shape index (κ2) is 9.69. The third-order valence-corrected chi connectivity index (χ3v) is 4.91. The van der Waals surface area contributed by atoms with Gasteiger partial charge in [0.25, 0.3) is 5.91 Å². The molecule has 4 rings (SSSR count). The number of nitrogens with one attached hydrogen (secondary N) is 1. The molecule has 3 N–H and O–H groups in total. The van der Waals surface area contributed by atoms with Gasteiger partial charge in [-0.3, -0.25) is 9.78 Å². The number of hydrogen-bond donors (Lipinski definition) is 2. The van der Waals surface area contributed by atoms with Crippen LogP contribution in [-0.4, -0.2) is 10.9 Å². The van der Waals surface area contributed by atoms with Crippen molar-refractivity contribution in [2.24, 2.45) is 0 Å². The largest absolute Gasteiger partial charge is 0.489 e. The SMILES string of the molecule is Cc1cc(N)c2cc(NC(=O)c3ccccc3COc3cccc(Cl)c3)ccc2n1.Cl. The predicted octanol–water partition coefficient (Wildman–Crippen LogP) is 6.03. The Kier molecular flexibility index (Phi) is 7.00. The number of hydrogen-bond acceptors (Lipinski definition) is 4. The molecule has 5 nitrogen and oxygen atoms in total. The number of rotatable bonds is 5. The molecule has 0 aliphatic carbocycles. The Labute approximate surface area is 191 Å². The quantitative estimate of drug-likeness (QED) is 0.386. The van der Waals surface area contributed by atoms with Gasteiger partial charge in [0.2, 0.25) is 0 Å². The van der Waals surface area contributed by atoms with E-state index in [0.29, 0.717) is 27.7 Å². The highest BCUT2D eigenvalue weighted by atomic mass is 35.5. The van der Waals surface area contributed by atoms with E-state index < -0.39 is 0 Å². The van der Waals surface area contributed by atoms with Gasteiger partial charge in [-0.05, 0) is 55.5 Å². The van der Waals surface area contributed by atoms with Gasteiger partial charge >= 0.3 is 0 Å². The van der Waals surface area contributed by atoms with Gasteiger partial charge in [0.05, 0.1) is 5.52 Å². The summed E-state index contributed by atoms with van der Waals surface area (Å²) in [5.74, 6) is 0.420. The van der Waals surface area contributed by atoms with E-state index in [1.807, 2.05) is 61.5 Å². The van der Waals surface area contributed by atoms with Crippen LogP contribution in [0.2, 0.25) is 5.02 Å². The lowest BCUT2D eigenvalue weighted by Crippen LogP contribution is -2.15. The lowest BCUT2D eigenvalue weighted by atomic mass is 10.1. The third kappa shape index (κ3) is 5.26. The summed E-state index contributed by atoms with van der Waals surface area (Å²) in [6.07, 6.45) is 0. The van der Waals surface area contributed by atoms with E-state index >= 15 is 0 Å². The number of nitrogens with two attached hydrogens (primary N) is 1. The van der Waals surface area contributed by atoms with E-state index in [0.717, 1.165) is 22.2 Å². The van der Waals surface area contributed by atoms with Crippen LogP contribution in [0.3, 0.4) is 0 Å². The first kappa shape index (κ1) is 22.4. The van der Waals surface area contributed by atoms with Gasteiger partial charge < -0.3 is 15.8 Å². The average Bonchev–Trinajstić information content (AvgIpc) is 2.73. The van der Waals surface area contributed by atoms with Crippen LogP contribution in [0.4, 0.5) is 11.4 Å². The number of halogens is 2. The third-order valence-electron chi connectivity index (χ3n) is 4.68. The van der Waals surface area contributed by atoms with Gasteiger partial charge in [-0.2, -0.15) is 0 Å². The van der Waals surface area contributed by atoms with Crippen molar-refractivity contribution in [2.45, 2.75) is 13.5 Å². The van der Waals surface area contributed by atoms with E-state index in [-0.39, 0.29) is 24.9 Å². The first-order valence-corrected chi connectivity index (χ1v) is 9.82. The summed E-state index contributed by atoms with van der Waals surface area (Å²) in [6.45, 7) is 2.14. The Morgan fingerprint density at radius 1 is 1.06 bits per heavy atom. The molecule has 0 saturated heterocycles. The van der Waals surface area contributed by atoms with Crippen LogP contribution in [-0.2, 0) is 6.61 Å². The molecule has 4 aromatic rings. The summed E-state index contributed by atoms with van der Waals surface area (Å²) in [5, 5.41) is 4.34. The van der Waals surface area contributed by atoms with Crippen LogP contribution in [0.5, 0.6) is 5.75 Å². The van der Waals surface area contributed by atoms with E-state index in [1.165, 1.54) is 0 Å². The fourth-order valence-corrected chi connectivity index (χ4v) is 3.43. The lowest BCUT2D eigenvalue weighted by Gasteiger charge is -2.12. The van der Waals surface area contributed by atoms with Gasteiger partial charge in [0.15, 0.2) is 0 Å². The number of ether oxygens (including phenoxy) is 1. The summed E-state index contributed by atoms with van der Waals surface area (Å²) in [5.41, 5.74) is 10.3. The molecular weight excluding hydrogens is 433 g/mol. The van der Waals surface area contributed by atoms with Crippen molar-refractivity contribution in [1.82, 2.24) is 4.98 Å². The zero-order valence-corrected chi connectivity index (χ0v) is 18.3. The molecule has 1 aromatic heterocycles. The van der Waals surface area contributed by atoms with Crippen molar-refractivity contribution in [3.05, 3.63) is 94.6 Å². The molecule has 0 spiro atoms. The molecule has 0 saturated carbocycles. The number of fused-ring (bicyclic) bond motifs is 1. The van der Waals surface area contributed by atoms with Gasteiger partial charge in [-0.25, -0.2) is 0 Å². The first-order valence-electron chi connectivity index (χ1n) is 9.44. The van der Waals surface area contributed by atoms with Crippen LogP contribution >= 0.6 is 24.0 Å². The van der Waals surface area contributed by atoms with Gasteiger partial charge in [-0.15, -0.1) is 12.4 Å². The summed E-state index contributed by atoms with van der Waals surface area (Å²) >= 11 is 6.00. The maximum Gasteiger partial charge on any atom is 0.256 e. The number of aryl methyl sites for hydroxylation is 1. The van der Waals surface area contributed by atoms with Crippen LogP contribution in [0.1, 0.15) is 21.6 Å². The number of anilines is 2. The number of amides is 1. The normalized spacial score (nSPS) is 10.4. The Morgan fingerprint density at radius 2 is 1.87 bits per heavy atom.